The first kappa shape index (κ1) is 32.0. The van der Waals surface area contributed by atoms with Gasteiger partial charge >= 0.3 is 0 Å². The second-order valence-corrected chi connectivity index (χ2v) is 12.9. The van der Waals surface area contributed by atoms with Gasteiger partial charge in [-0.15, -0.1) is 5.10 Å². The number of nitrogens with zero attached hydrogens (tertiary/aromatic N) is 3. The minimum Gasteiger partial charge on any atom is -0.493 e. The quantitative estimate of drug-likeness (QED) is 0.164. The van der Waals surface area contributed by atoms with Crippen LogP contribution in [-0.4, -0.2) is 40.1 Å². The summed E-state index contributed by atoms with van der Waals surface area (Å²) in [6.07, 6.45) is 0. The van der Waals surface area contributed by atoms with Crippen LogP contribution in [0.3, 0.4) is 0 Å². The van der Waals surface area contributed by atoms with E-state index in [9.17, 15) is 4.79 Å². The van der Waals surface area contributed by atoms with E-state index in [1.807, 2.05) is 56.3 Å². The molecule has 1 aliphatic rings. The molecule has 0 saturated heterocycles. The van der Waals surface area contributed by atoms with Crippen molar-refractivity contribution in [2.45, 2.75) is 64.8 Å². The Morgan fingerprint density at radius 1 is 1.00 bits per heavy atom. The van der Waals surface area contributed by atoms with E-state index in [2.05, 4.69) is 67.6 Å². The minimum atomic E-state index is -0.577. The molecule has 1 aromatic heterocycles. The van der Waals surface area contributed by atoms with Gasteiger partial charge in [-0.05, 0) is 66.0 Å². The van der Waals surface area contributed by atoms with Gasteiger partial charge in [0.2, 0.25) is 11.1 Å². The van der Waals surface area contributed by atoms with E-state index in [1.54, 1.807) is 23.6 Å². The predicted octanol–water partition coefficient (Wildman–Crippen LogP) is 7.60. The number of para-hydroxylation sites is 2. The van der Waals surface area contributed by atoms with E-state index < -0.39 is 6.04 Å². The highest BCUT2D eigenvalue weighted by Gasteiger charge is 2.35. The van der Waals surface area contributed by atoms with Gasteiger partial charge in [-0.3, -0.25) is 4.79 Å². The number of thioether (sulfide) groups is 1. The van der Waals surface area contributed by atoms with Crippen molar-refractivity contribution in [3.8, 4) is 17.2 Å². The maximum atomic E-state index is 14.0. The molecule has 1 unspecified atom stereocenters. The minimum absolute atomic E-state index is 0.0856. The van der Waals surface area contributed by atoms with Crippen LogP contribution in [0.1, 0.15) is 64.3 Å². The van der Waals surface area contributed by atoms with Gasteiger partial charge in [0.1, 0.15) is 18.4 Å². The SMILES string of the molecule is CCOc1ccccc1NC(=O)C1=C(C)Nc2nc(SCC)nn2C1c1ccc(OCc2ccc(C(C)(C)C)cc2)c(OC)c1. The Morgan fingerprint density at radius 3 is 2.44 bits per heavy atom. The Bertz CT molecular complexity index is 1690. The van der Waals surface area contributed by atoms with Crippen LogP contribution in [-0.2, 0) is 16.8 Å². The highest BCUT2D eigenvalue weighted by Crippen LogP contribution is 2.40. The lowest BCUT2D eigenvalue weighted by Gasteiger charge is -2.29. The lowest BCUT2D eigenvalue weighted by molar-refractivity contribution is -0.113. The zero-order valence-corrected chi connectivity index (χ0v) is 27.7. The number of carbonyl (C=O) groups excluding carboxylic acids is 1. The number of fused-ring (bicyclic) bond motifs is 1. The van der Waals surface area contributed by atoms with Crippen LogP contribution >= 0.6 is 11.8 Å². The fourth-order valence-electron chi connectivity index (χ4n) is 5.20. The van der Waals surface area contributed by atoms with E-state index in [1.165, 1.54) is 5.56 Å². The molecule has 0 bridgehead atoms. The van der Waals surface area contributed by atoms with E-state index in [4.69, 9.17) is 19.3 Å². The van der Waals surface area contributed by atoms with Gasteiger partial charge < -0.3 is 24.8 Å². The third-order valence-corrected chi connectivity index (χ3v) is 8.22. The molecule has 2 N–H and O–H groups in total. The molecule has 2 heterocycles. The third kappa shape index (κ3) is 7.12. The van der Waals surface area contributed by atoms with E-state index in [0.717, 1.165) is 16.9 Å². The number of nitrogens with one attached hydrogen (secondary N) is 2. The molecule has 9 nitrogen and oxygen atoms in total. The Morgan fingerprint density at radius 2 is 1.76 bits per heavy atom. The lowest BCUT2D eigenvalue weighted by atomic mass is 9.87. The molecule has 1 amide bonds. The van der Waals surface area contributed by atoms with Crippen LogP contribution in [0.4, 0.5) is 11.6 Å². The van der Waals surface area contributed by atoms with E-state index in [0.29, 0.717) is 58.5 Å². The second-order valence-electron chi connectivity index (χ2n) is 11.7. The van der Waals surface area contributed by atoms with Crippen LogP contribution < -0.4 is 24.8 Å². The second kappa shape index (κ2) is 13.7. The first-order valence-electron chi connectivity index (χ1n) is 15.1. The van der Waals surface area contributed by atoms with Gasteiger partial charge in [0.15, 0.2) is 11.5 Å². The number of hydrogen-bond donors (Lipinski definition) is 2. The number of ether oxygens (including phenoxy) is 3. The summed E-state index contributed by atoms with van der Waals surface area (Å²) >= 11 is 1.54. The van der Waals surface area contributed by atoms with Gasteiger partial charge in [0.25, 0.3) is 5.91 Å². The highest BCUT2D eigenvalue weighted by atomic mass is 32.2. The molecule has 45 heavy (non-hydrogen) atoms. The number of hydrogen-bond acceptors (Lipinski definition) is 8. The summed E-state index contributed by atoms with van der Waals surface area (Å²) in [5.41, 5.74) is 4.99. The van der Waals surface area contributed by atoms with Crippen LogP contribution in [0.25, 0.3) is 0 Å². The molecule has 0 radical (unpaired) electrons. The molecule has 0 aliphatic carbocycles. The van der Waals surface area contributed by atoms with Gasteiger partial charge in [0.05, 0.1) is 25.0 Å². The van der Waals surface area contributed by atoms with Gasteiger partial charge in [-0.25, -0.2) is 4.68 Å². The zero-order valence-electron chi connectivity index (χ0n) is 26.9. The maximum Gasteiger partial charge on any atom is 0.255 e. The molecule has 1 aliphatic heterocycles. The van der Waals surface area contributed by atoms with Crippen molar-refractivity contribution >= 4 is 29.3 Å². The molecule has 10 heteroatoms. The van der Waals surface area contributed by atoms with Gasteiger partial charge in [-0.2, -0.15) is 4.98 Å². The Labute approximate surface area is 269 Å². The first-order chi connectivity index (χ1) is 21.6. The van der Waals surface area contributed by atoms with Crippen molar-refractivity contribution < 1.29 is 19.0 Å². The van der Waals surface area contributed by atoms with Crippen molar-refractivity contribution in [1.29, 1.82) is 0 Å². The smallest absolute Gasteiger partial charge is 0.255 e. The molecule has 0 fully saturated rings. The summed E-state index contributed by atoms with van der Waals surface area (Å²) in [6, 6.07) is 21.0. The van der Waals surface area contributed by atoms with Crippen LogP contribution in [0.15, 0.2) is 83.2 Å². The van der Waals surface area contributed by atoms with Gasteiger partial charge in [0, 0.05) is 5.70 Å². The number of carbonyl (C=O) groups is 1. The van der Waals surface area contributed by atoms with Crippen molar-refractivity contribution in [1.82, 2.24) is 14.8 Å². The summed E-state index contributed by atoms with van der Waals surface area (Å²) in [7, 11) is 1.61. The third-order valence-electron chi connectivity index (χ3n) is 7.50. The van der Waals surface area contributed by atoms with Gasteiger partial charge in [-0.1, -0.05) is 81.9 Å². The molecule has 0 saturated carbocycles. The molecule has 4 aromatic rings. The summed E-state index contributed by atoms with van der Waals surface area (Å²) in [5.74, 6) is 2.88. The molecule has 3 aromatic carbocycles. The lowest BCUT2D eigenvalue weighted by Crippen LogP contribution is -2.31. The molecule has 1 atom stereocenters. The number of anilines is 2. The normalized spacial score (nSPS) is 14.4. The number of benzene rings is 3. The van der Waals surface area contributed by atoms with Crippen molar-refractivity contribution in [3.05, 3.63) is 94.7 Å². The van der Waals surface area contributed by atoms with Crippen molar-refractivity contribution in [2.24, 2.45) is 0 Å². The standard InChI is InChI=1S/C35H41N5O4S/c1-8-43-27-13-11-10-12-26(27)37-32(41)30-22(3)36-33-38-34(45-9-2)39-40(33)31(30)24-16-19-28(29(20-24)42-7)44-21-23-14-17-25(18-15-23)35(4,5)6/h10-20,31H,8-9,21H2,1-7H3,(H,37,41)(H,36,38,39). The average Bonchev–Trinajstić information content (AvgIpc) is 3.42. The average molecular weight is 628 g/mol. The fraction of sp³-hybridized carbons (Fsp3) is 0.343. The van der Waals surface area contributed by atoms with E-state index >= 15 is 0 Å². The summed E-state index contributed by atoms with van der Waals surface area (Å²) < 4.78 is 19.5. The fourth-order valence-corrected chi connectivity index (χ4v) is 5.76. The monoisotopic (exact) mass is 627 g/mol. The van der Waals surface area contributed by atoms with Crippen LogP contribution in [0, 0.1) is 0 Å². The largest absolute Gasteiger partial charge is 0.493 e. The summed E-state index contributed by atoms with van der Waals surface area (Å²) in [6.45, 7) is 13.3. The van der Waals surface area contributed by atoms with Crippen molar-refractivity contribution in [2.75, 3.05) is 30.1 Å². The number of amides is 1. The molecular formula is C35H41N5O4S. The number of aromatic nitrogens is 3. The number of methoxy groups -OCH3 is 1. The molecule has 0 spiro atoms. The predicted molar refractivity (Wildman–Crippen MR) is 180 cm³/mol. The zero-order chi connectivity index (χ0) is 32.1. The Hall–Kier alpha value is -4.44. The van der Waals surface area contributed by atoms with Crippen LogP contribution in [0.5, 0.6) is 17.2 Å². The highest BCUT2D eigenvalue weighted by molar-refractivity contribution is 7.99. The molecule has 5 rings (SSSR count). The Kier molecular flexibility index (Phi) is 9.72. The number of rotatable bonds is 11. The molecule has 236 valence electrons. The summed E-state index contributed by atoms with van der Waals surface area (Å²) in [5, 5.41) is 11.8. The molecular weight excluding hydrogens is 586 g/mol. The summed E-state index contributed by atoms with van der Waals surface area (Å²) in [4.78, 5) is 18.7. The van der Waals surface area contributed by atoms with Crippen molar-refractivity contribution in [3.63, 3.8) is 0 Å². The maximum absolute atomic E-state index is 14.0. The number of allylic oxidation sites excluding steroid dienone is 1. The Balaban J connectivity index is 1.48. The first-order valence-corrected chi connectivity index (χ1v) is 16.1. The topological polar surface area (TPSA) is 99.5 Å². The van der Waals surface area contributed by atoms with Crippen LogP contribution in [0.2, 0.25) is 0 Å². The van der Waals surface area contributed by atoms with E-state index in [-0.39, 0.29) is 11.3 Å².